The van der Waals surface area contributed by atoms with Crippen LogP contribution in [0.4, 0.5) is 0 Å². The van der Waals surface area contributed by atoms with E-state index < -0.39 is 0 Å². The number of hydrogen-bond acceptors (Lipinski definition) is 6. The van der Waals surface area contributed by atoms with Crippen molar-refractivity contribution in [1.29, 1.82) is 0 Å². The van der Waals surface area contributed by atoms with Crippen molar-refractivity contribution in [2.24, 2.45) is 5.41 Å². The van der Waals surface area contributed by atoms with Crippen LogP contribution in [0.15, 0.2) is 44.2 Å². The summed E-state index contributed by atoms with van der Waals surface area (Å²) in [5.74, 6) is 3.50. The van der Waals surface area contributed by atoms with E-state index in [9.17, 15) is 4.79 Å². The summed E-state index contributed by atoms with van der Waals surface area (Å²) in [6.45, 7) is 8.14. The second kappa shape index (κ2) is 7.71. The predicted octanol–water partition coefficient (Wildman–Crippen LogP) is 5.02. The summed E-state index contributed by atoms with van der Waals surface area (Å²) in [5.41, 5.74) is 1.82. The Kier molecular flexibility index (Phi) is 5.25. The molecular formula is C22H25N3O3S. The average molecular weight is 412 g/mol. The Morgan fingerprint density at radius 3 is 2.86 bits per heavy atom. The zero-order chi connectivity index (χ0) is 20.6. The largest absolute Gasteiger partial charge is 0.466 e. The fourth-order valence-electron chi connectivity index (χ4n) is 3.87. The van der Waals surface area contributed by atoms with Crippen LogP contribution in [0, 0.1) is 19.3 Å². The van der Waals surface area contributed by atoms with Crippen LogP contribution >= 0.6 is 11.8 Å². The summed E-state index contributed by atoms with van der Waals surface area (Å²) in [6, 6.07) is 9.61. The minimum Gasteiger partial charge on any atom is -0.466 e. The molecule has 4 rings (SSSR count). The molecule has 6 nitrogen and oxygen atoms in total. The number of aryl methyl sites for hydroxylation is 2. The van der Waals surface area contributed by atoms with E-state index in [1.807, 2.05) is 31.2 Å². The summed E-state index contributed by atoms with van der Waals surface area (Å²) < 4.78 is 10.9. The molecule has 0 fully saturated rings. The second-order valence-electron chi connectivity index (χ2n) is 8.32. The first-order chi connectivity index (χ1) is 13.8. The predicted molar refractivity (Wildman–Crippen MR) is 111 cm³/mol. The first-order valence-electron chi connectivity index (χ1n) is 9.72. The highest BCUT2D eigenvalue weighted by Crippen LogP contribution is 2.42. The number of furan rings is 1. The lowest BCUT2D eigenvalue weighted by Crippen LogP contribution is -2.36. The third kappa shape index (κ3) is 4.40. The molecule has 0 spiro atoms. The smallest absolute Gasteiger partial charge is 0.252 e. The number of rotatable bonds is 5. The molecule has 2 heterocycles. The minimum atomic E-state index is -0.0788. The molecule has 1 atom stereocenters. The number of nitrogens with zero attached hydrogens (tertiary/aromatic N) is 2. The summed E-state index contributed by atoms with van der Waals surface area (Å²) in [7, 11) is 0. The summed E-state index contributed by atoms with van der Waals surface area (Å²) in [5, 5.41) is 7.17. The van der Waals surface area contributed by atoms with E-state index in [2.05, 4.69) is 35.4 Å². The number of amides is 1. The van der Waals surface area contributed by atoms with Crippen molar-refractivity contribution in [2.45, 2.75) is 57.2 Å². The lowest BCUT2D eigenvalue weighted by Gasteiger charge is -2.34. The van der Waals surface area contributed by atoms with E-state index in [-0.39, 0.29) is 17.4 Å². The van der Waals surface area contributed by atoms with Gasteiger partial charge in [0.05, 0.1) is 17.4 Å². The fraction of sp³-hybridized carbons (Fsp3) is 0.409. The van der Waals surface area contributed by atoms with Gasteiger partial charge in [-0.2, -0.15) is 4.98 Å². The van der Waals surface area contributed by atoms with Crippen molar-refractivity contribution in [3.63, 3.8) is 0 Å². The molecular weight excluding hydrogens is 386 g/mol. The van der Waals surface area contributed by atoms with Gasteiger partial charge < -0.3 is 14.3 Å². The standard InChI is InChI=1S/C22H25N3O3S/c1-13-9-16-17(10-22(3,4)11-18(16)27-13)24-21(26)15-7-5-6-8-19(15)29-12-20-23-14(2)28-25-20/h5-9,17H,10-12H2,1-4H3,(H,24,26). The van der Waals surface area contributed by atoms with Crippen LogP contribution in [-0.2, 0) is 12.2 Å². The number of carbonyl (C=O) groups excluding carboxylic acids is 1. The summed E-state index contributed by atoms with van der Waals surface area (Å²) in [6.07, 6.45) is 1.77. The monoisotopic (exact) mass is 411 g/mol. The normalized spacial score (nSPS) is 17.7. The SMILES string of the molecule is Cc1cc2c(o1)CC(C)(C)CC2NC(=O)c1ccccc1SCc1noc(C)n1. The molecule has 1 aromatic carbocycles. The van der Waals surface area contributed by atoms with Gasteiger partial charge >= 0.3 is 0 Å². The van der Waals surface area contributed by atoms with Gasteiger partial charge in [0.2, 0.25) is 5.89 Å². The van der Waals surface area contributed by atoms with Gasteiger partial charge in [0, 0.05) is 23.8 Å². The van der Waals surface area contributed by atoms with Crippen LogP contribution < -0.4 is 5.32 Å². The van der Waals surface area contributed by atoms with E-state index in [1.165, 1.54) is 11.8 Å². The van der Waals surface area contributed by atoms with Crippen LogP contribution in [0.25, 0.3) is 0 Å². The number of fused-ring (bicyclic) bond motifs is 1. The molecule has 0 saturated carbocycles. The second-order valence-corrected chi connectivity index (χ2v) is 9.34. The lowest BCUT2D eigenvalue weighted by molar-refractivity contribution is 0.0914. The highest BCUT2D eigenvalue weighted by Gasteiger charge is 2.35. The highest BCUT2D eigenvalue weighted by molar-refractivity contribution is 7.98. The number of aromatic nitrogens is 2. The summed E-state index contributed by atoms with van der Waals surface area (Å²) in [4.78, 5) is 18.3. The van der Waals surface area contributed by atoms with Crippen LogP contribution in [0.1, 0.15) is 65.5 Å². The zero-order valence-corrected chi connectivity index (χ0v) is 17.9. The Bertz CT molecular complexity index is 1040. The van der Waals surface area contributed by atoms with Gasteiger partial charge in [0.15, 0.2) is 5.82 Å². The maximum absolute atomic E-state index is 13.2. The van der Waals surface area contributed by atoms with Crippen molar-refractivity contribution in [1.82, 2.24) is 15.5 Å². The highest BCUT2D eigenvalue weighted by atomic mass is 32.2. The van der Waals surface area contributed by atoms with E-state index in [4.69, 9.17) is 8.94 Å². The average Bonchev–Trinajstić information content (AvgIpc) is 3.24. The third-order valence-corrected chi connectivity index (χ3v) is 6.17. The van der Waals surface area contributed by atoms with Gasteiger partial charge in [-0.15, -0.1) is 11.8 Å². The van der Waals surface area contributed by atoms with Gasteiger partial charge in [-0.25, -0.2) is 0 Å². The number of nitrogens with one attached hydrogen (secondary N) is 1. The van der Waals surface area contributed by atoms with Crippen molar-refractivity contribution in [3.8, 4) is 0 Å². The zero-order valence-electron chi connectivity index (χ0n) is 17.1. The molecule has 0 bridgehead atoms. The molecule has 0 saturated heterocycles. The minimum absolute atomic E-state index is 0.0587. The molecule has 1 aliphatic carbocycles. The summed E-state index contributed by atoms with van der Waals surface area (Å²) >= 11 is 1.53. The van der Waals surface area contributed by atoms with Crippen LogP contribution in [0.3, 0.4) is 0 Å². The van der Waals surface area contributed by atoms with E-state index in [0.29, 0.717) is 23.0 Å². The maximum Gasteiger partial charge on any atom is 0.252 e. The molecule has 1 unspecified atom stereocenters. The van der Waals surface area contributed by atoms with Gasteiger partial charge in [0.25, 0.3) is 5.91 Å². The van der Waals surface area contributed by atoms with Crippen LogP contribution in [0.2, 0.25) is 0 Å². The van der Waals surface area contributed by atoms with E-state index >= 15 is 0 Å². The van der Waals surface area contributed by atoms with E-state index in [0.717, 1.165) is 34.8 Å². The van der Waals surface area contributed by atoms with Crippen molar-refractivity contribution in [3.05, 3.63) is 64.7 Å². The molecule has 2 aromatic heterocycles. The first kappa shape index (κ1) is 19.8. The molecule has 0 aliphatic heterocycles. The lowest BCUT2D eigenvalue weighted by atomic mass is 9.74. The Morgan fingerprint density at radius 2 is 2.10 bits per heavy atom. The number of benzene rings is 1. The molecule has 3 aromatic rings. The molecule has 0 radical (unpaired) electrons. The molecule has 7 heteroatoms. The topological polar surface area (TPSA) is 81.2 Å². The number of carbonyl (C=O) groups is 1. The van der Waals surface area contributed by atoms with Crippen molar-refractivity contribution in [2.75, 3.05) is 0 Å². The maximum atomic E-state index is 13.2. The first-order valence-corrected chi connectivity index (χ1v) is 10.7. The molecule has 1 aliphatic rings. The molecule has 1 amide bonds. The molecule has 29 heavy (non-hydrogen) atoms. The number of hydrogen-bond donors (Lipinski definition) is 1. The van der Waals surface area contributed by atoms with Gasteiger partial charge in [-0.1, -0.05) is 31.1 Å². The van der Waals surface area contributed by atoms with Crippen LogP contribution in [-0.4, -0.2) is 16.0 Å². The molecule has 1 N–H and O–H groups in total. The van der Waals surface area contributed by atoms with Crippen LogP contribution in [0.5, 0.6) is 0 Å². The molecule has 152 valence electrons. The van der Waals surface area contributed by atoms with Crippen molar-refractivity contribution >= 4 is 17.7 Å². The quantitative estimate of drug-likeness (QED) is 0.594. The van der Waals surface area contributed by atoms with E-state index in [1.54, 1.807) is 6.92 Å². The Labute approximate surface area is 174 Å². The third-order valence-electron chi connectivity index (χ3n) is 5.10. The van der Waals surface area contributed by atoms with Crippen molar-refractivity contribution < 1.29 is 13.7 Å². The fourth-order valence-corrected chi connectivity index (χ4v) is 4.76. The Balaban J connectivity index is 1.53. The Hall–Kier alpha value is -2.54. The number of thioether (sulfide) groups is 1. The Morgan fingerprint density at radius 1 is 1.31 bits per heavy atom. The van der Waals surface area contributed by atoms with Gasteiger partial charge in [0.1, 0.15) is 11.5 Å². The van der Waals surface area contributed by atoms with Gasteiger partial charge in [-0.3, -0.25) is 4.79 Å². The van der Waals surface area contributed by atoms with Gasteiger partial charge in [-0.05, 0) is 37.0 Å².